The molecule has 0 spiro atoms. The number of rotatable bonds is 4. The van der Waals surface area contributed by atoms with Crippen molar-refractivity contribution in [2.24, 2.45) is 5.10 Å². The number of benzene rings is 2. The Bertz CT molecular complexity index is 866. The first-order chi connectivity index (χ1) is 11.6. The first kappa shape index (κ1) is 15.5. The average molecular weight is 319 g/mol. The number of hydrogen-bond acceptors (Lipinski definition) is 4. The summed E-state index contributed by atoms with van der Waals surface area (Å²) in [7, 11) is 0. The lowest BCUT2D eigenvalue weighted by Crippen LogP contribution is -2.19. The molecule has 0 atom stereocenters. The largest absolute Gasteiger partial charge is 0.399 e. The summed E-state index contributed by atoms with van der Waals surface area (Å²) in [6.45, 7) is 1.81. The van der Waals surface area contributed by atoms with Crippen LogP contribution in [-0.2, 0) is 0 Å². The number of anilines is 1. The minimum atomic E-state index is -0.348. The molecule has 6 nitrogen and oxygen atoms in total. The van der Waals surface area contributed by atoms with Gasteiger partial charge in [-0.1, -0.05) is 42.5 Å². The summed E-state index contributed by atoms with van der Waals surface area (Å²) in [5, 5.41) is 11.0. The van der Waals surface area contributed by atoms with E-state index in [2.05, 4.69) is 20.7 Å². The van der Waals surface area contributed by atoms with Gasteiger partial charge in [0.1, 0.15) is 5.69 Å². The van der Waals surface area contributed by atoms with Gasteiger partial charge in [-0.25, -0.2) is 5.43 Å². The number of carbonyl (C=O) groups excluding carboxylic acids is 1. The fourth-order valence-corrected chi connectivity index (χ4v) is 2.18. The SMILES string of the molecule is CC(=NNC(=O)c1cc(-c2ccccc2)n[nH]1)c1ccc(N)cc1. The molecule has 1 aromatic heterocycles. The number of hydrogen-bond donors (Lipinski definition) is 3. The number of nitrogen functional groups attached to an aromatic ring is 1. The maximum Gasteiger partial charge on any atom is 0.289 e. The highest BCUT2D eigenvalue weighted by Crippen LogP contribution is 2.16. The lowest BCUT2D eigenvalue weighted by atomic mass is 10.1. The molecule has 0 bridgehead atoms. The summed E-state index contributed by atoms with van der Waals surface area (Å²) in [5.41, 5.74) is 12.4. The van der Waals surface area contributed by atoms with Gasteiger partial charge in [-0.2, -0.15) is 10.2 Å². The van der Waals surface area contributed by atoms with Gasteiger partial charge in [0.05, 0.1) is 11.4 Å². The van der Waals surface area contributed by atoms with Gasteiger partial charge in [0, 0.05) is 11.3 Å². The van der Waals surface area contributed by atoms with E-state index in [1.807, 2.05) is 49.4 Å². The van der Waals surface area contributed by atoms with E-state index in [9.17, 15) is 4.79 Å². The van der Waals surface area contributed by atoms with Crippen molar-refractivity contribution in [1.29, 1.82) is 0 Å². The molecule has 0 unspecified atom stereocenters. The van der Waals surface area contributed by atoms with E-state index in [1.165, 1.54) is 0 Å². The number of aromatic nitrogens is 2. The fourth-order valence-electron chi connectivity index (χ4n) is 2.18. The molecule has 4 N–H and O–H groups in total. The molecule has 120 valence electrons. The summed E-state index contributed by atoms with van der Waals surface area (Å²) >= 11 is 0. The van der Waals surface area contributed by atoms with E-state index in [1.54, 1.807) is 18.2 Å². The zero-order valence-corrected chi connectivity index (χ0v) is 13.2. The van der Waals surface area contributed by atoms with Crippen molar-refractivity contribution in [3.05, 3.63) is 71.9 Å². The summed E-state index contributed by atoms with van der Waals surface area (Å²) < 4.78 is 0. The van der Waals surface area contributed by atoms with Gasteiger partial charge in [-0.15, -0.1) is 0 Å². The molecule has 0 saturated heterocycles. The maximum atomic E-state index is 12.2. The van der Waals surface area contributed by atoms with E-state index in [0.29, 0.717) is 22.8 Å². The molecule has 0 aliphatic carbocycles. The van der Waals surface area contributed by atoms with Gasteiger partial charge < -0.3 is 5.73 Å². The summed E-state index contributed by atoms with van der Waals surface area (Å²) in [6.07, 6.45) is 0. The number of carbonyl (C=O) groups is 1. The lowest BCUT2D eigenvalue weighted by molar-refractivity contribution is 0.0950. The van der Waals surface area contributed by atoms with E-state index in [-0.39, 0.29) is 5.91 Å². The molecular formula is C18H17N5O. The smallest absolute Gasteiger partial charge is 0.289 e. The first-order valence-electron chi connectivity index (χ1n) is 7.45. The van der Waals surface area contributed by atoms with Gasteiger partial charge in [0.2, 0.25) is 0 Å². The van der Waals surface area contributed by atoms with Crippen molar-refractivity contribution in [1.82, 2.24) is 15.6 Å². The third-order valence-corrected chi connectivity index (χ3v) is 3.55. The Balaban J connectivity index is 1.70. The molecule has 6 heteroatoms. The van der Waals surface area contributed by atoms with Crippen molar-refractivity contribution in [3.63, 3.8) is 0 Å². The number of hydrazone groups is 1. The second kappa shape index (κ2) is 6.78. The van der Waals surface area contributed by atoms with Crippen LogP contribution in [0.2, 0.25) is 0 Å². The topological polar surface area (TPSA) is 96.2 Å². The van der Waals surface area contributed by atoms with Crippen LogP contribution in [0, 0.1) is 0 Å². The molecular weight excluding hydrogens is 302 g/mol. The minimum absolute atomic E-state index is 0.348. The van der Waals surface area contributed by atoms with Gasteiger partial charge in [-0.05, 0) is 30.7 Å². The summed E-state index contributed by atoms with van der Waals surface area (Å²) in [6, 6.07) is 18.6. The van der Waals surface area contributed by atoms with Crippen LogP contribution < -0.4 is 11.2 Å². The van der Waals surface area contributed by atoms with Crippen molar-refractivity contribution in [2.45, 2.75) is 6.92 Å². The molecule has 0 fully saturated rings. The number of nitrogens with two attached hydrogens (primary N) is 1. The molecule has 0 radical (unpaired) electrons. The number of nitrogens with zero attached hydrogens (tertiary/aromatic N) is 2. The van der Waals surface area contributed by atoms with Crippen molar-refractivity contribution < 1.29 is 4.79 Å². The molecule has 1 heterocycles. The fraction of sp³-hybridized carbons (Fsp3) is 0.0556. The highest BCUT2D eigenvalue weighted by Gasteiger charge is 2.10. The van der Waals surface area contributed by atoms with E-state index in [4.69, 9.17) is 5.73 Å². The molecule has 0 saturated carbocycles. The zero-order chi connectivity index (χ0) is 16.9. The number of amides is 1. The third kappa shape index (κ3) is 3.49. The van der Waals surface area contributed by atoms with Crippen LogP contribution >= 0.6 is 0 Å². The normalized spacial score (nSPS) is 11.3. The van der Waals surface area contributed by atoms with Crippen LogP contribution in [0.15, 0.2) is 65.8 Å². The third-order valence-electron chi connectivity index (χ3n) is 3.55. The number of nitrogens with one attached hydrogen (secondary N) is 2. The number of aromatic amines is 1. The Morgan fingerprint density at radius 3 is 2.54 bits per heavy atom. The molecule has 3 rings (SSSR count). The minimum Gasteiger partial charge on any atom is -0.399 e. The highest BCUT2D eigenvalue weighted by molar-refractivity contribution is 6.00. The van der Waals surface area contributed by atoms with Crippen molar-refractivity contribution in [3.8, 4) is 11.3 Å². The first-order valence-corrected chi connectivity index (χ1v) is 7.45. The average Bonchev–Trinajstić information content (AvgIpc) is 3.11. The number of H-pyrrole nitrogens is 1. The predicted molar refractivity (Wildman–Crippen MR) is 94.6 cm³/mol. The monoisotopic (exact) mass is 319 g/mol. The van der Waals surface area contributed by atoms with Gasteiger partial charge in [-0.3, -0.25) is 9.89 Å². The van der Waals surface area contributed by atoms with Crippen LogP contribution in [-0.4, -0.2) is 21.8 Å². The van der Waals surface area contributed by atoms with Crippen molar-refractivity contribution >= 4 is 17.3 Å². The second-order valence-electron chi connectivity index (χ2n) is 5.29. The molecule has 1 amide bonds. The highest BCUT2D eigenvalue weighted by atomic mass is 16.2. The maximum absolute atomic E-state index is 12.2. The van der Waals surface area contributed by atoms with E-state index >= 15 is 0 Å². The Morgan fingerprint density at radius 2 is 1.83 bits per heavy atom. The van der Waals surface area contributed by atoms with Crippen LogP contribution in [0.5, 0.6) is 0 Å². The zero-order valence-electron chi connectivity index (χ0n) is 13.2. The predicted octanol–water partition coefficient (Wildman–Crippen LogP) is 2.81. The second-order valence-corrected chi connectivity index (χ2v) is 5.29. The Morgan fingerprint density at radius 1 is 1.12 bits per heavy atom. The van der Waals surface area contributed by atoms with Crippen LogP contribution in [0.1, 0.15) is 23.0 Å². The summed E-state index contributed by atoms with van der Waals surface area (Å²) in [5.74, 6) is -0.348. The molecule has 3 aromatic rings. The van der Waals surface area contributed by atoms with Gasteiger partial charge in [0.15, 0.2) is 0 Å². The van der Waals surface area contributed by atoms with Gasteiger partial charge >= 0.3 is 0 Å². The van der Waals surface area contributed by atoms with Gasteiger partial charge in [0.25, 0.3) is 5.91 Å². The standard InChI is InChI=1S/C18H17N5O/c1-12(13-7-9-15(19)10-8-13)20-23-18(24)17-11-16(21-22-17)14-5-3-2-4-6-14/h2-11H,19H2,1H3,(H,21,22)(H,23,24). The van der Waals surface area contributed by atoms with Crippen molar-refractivity contribution in [2.75, 3.05) is 5.73 Å². The molecule has 0 aliphatic heterocycles. The molecule has 24 heavy (non-hydrogen) atoms. The quantitative estimate of drug-likeness (QED) is 0.392. The van der Waals surface area contributed by atoms with E-state index < -0.39 is 0 Å². The Kier molecular flexibility index (Phi) is 4.38. The van der Waals surface area contributed by atoms with Crippen LogP contribution in [0.25, 0.3) is 11.3 Å². The van der Waals surface area contributed by atoms with Crippen LogP contribution in [0.3, 0.4) is 0 Å². The lowest BCUT2D eigenvalue weighted by Gasteiger charge is -2.02. The molecule has 2 aromatic carbocycles. The van der Waals surface area contributed by atoms with Crippen LogP contribution in [0.4, 0.5) is 5.69 Å². The Labute approximate surface area is 139 Å². The molecule has 0 aliphatic rings. The van der Waals surface area contributed by atoms with E-state index in [0.717, 1.165) is 11.1 Å². The Hall–Kier alpha value is -3.41. The summed E-state index contributed by atoms with van der Waals surface area (Å²) in [4.78, 5) is 12.2.